The molecule has 1 heterocycles. The van der Waals surface area contributed by atoms with Crippen molar-refractivity contribution in [3.05, 3.63) is 23.0 Å². The summed E-state index contributed by atoms with van der Waals surface area (Å²) in [4.78, 5) is 46.3. The van der Waals surface area contributed by atoms with E-state index < -0.39 is 43.2 Å². The Labute approximate surface area is 158 Å². The number of hydrogen-bond donors (Lipinski definition) is 2. The molecule has 3 amide bonds. The van der Waals surface area contributed by atoms with Crippen molar-refractivity contribution >= 4 is 23.9 Å². The fourth-order valence-corrected chi connectivity index (χ4v) is 2.17. The van der Waals surface area contributed by atoms with Gasteiger partial charge < -0.3 is 19.4 Å². The quantitative estimate of drug-likeness (QED) is 0.657. The lowest BCUT2D eigenvalue weighted by Gasteiger charge is -2.11. The van der Waals surface area contributed by atoms with Gasteiger partial charge in [-0.2, -0.15) is 13.2 Å². The van der Waals surface area contributed by atoms with E-state index >= 15 is 0 Å². The van der Waals surface area contributed by atoms with E-state index in [2.05, 4.69) is 0 Å². The van der Waals surface area contributed by atoms with Crippen LogP contribution in [0.15, 0.2) is 6.07 Å². The standard InChI is InChI=1S/C16H20F3N3O6/c1-4-27-14(25)11-5-9(2)22(10(11)3)6-13(24)28-7-12(23)21-15(26)20-8-16(17,18)19/h5H,4,6-8H2,1-3H3,(H2,20,21,23,26). The van der Waals surface area contributed by atoms with Crippen molar-refractivity contribution in [2.24, 2.45) is 0 Å². The highest BCUT2D eigenvalue weighted by molar-refractivity contribution is 5.95. The second-order valence-electron chi connectivity index (χ2n) is 5.60. The molecule has 2 N–H and O–H groups in total. The smallest absolute Gasteiger partial charge is 0.405 e. The minimum atomic E-state index is -4.62. The SMILES string of the molecule is CCOC(=O)c1cc(C)n(CC(=O)OCC(=O)NC(=O)NCC(F)(F)F)c1C. The molecule has 156 valence electrons. The van der Waals surface area contributed by atoms with Gasteiger partial charge in [0.15, 0.2) is 6.61 Å². The van der Waals surface area contributed by atoms with Crippen molar-refractivity contribution < 1.29 is 41.8 Å². The minimum Gasteiger partial charge on any atom is -0.462 e. The average molecular weight is 407 g/mol. The van der Waals surface area contributed by atoms with E-state index in [1.165, 1.54) is 16.0 Å². The number of urea groups is 1. The summed E-state index contributed by atoms with van der Waals surface area (Å²) in [6.45, 7) is 2.32. The number of nitrogens with one attached hydrogen (secondary N) is 2. The molecular weight excluding hydrogens is 387 g/mol. The highest BCUT2D eigenvalue weighted by atomic mass is 19.4. The Morgan fingerprint density at radius 1 is 1.14 bits per heavy atom. The molecule has 0 saturated carbocycles. The zero-order chi connectivity index (χ0) is 21.5. The van der Waals surface area contributed by atoms with Crippen LogP contribution in [-0.4, -0.2) is 54.4 Å². The van der Waals surface area contributed by atoms with Crippen LogP contribution in [0.25, 0.3) is 0 Å². The monoisotopic (exact) mass is 407 g/mol. The van der Waals surface area contributed by atoms with Gasteiger partial charge in [0.25, 0.3) is 5.91 Å². The molecule has 0 spiro atoms. The van der Waals surface area contributed by atoms with E-state index in [9.17, 15) is 32.3 Å². The molecule has 1 aromatic rings. The van der Waals surface area contributed by atoms with Gasteiger partial charge in [0.2, 0.25) is 0 Å². The lowest BCUT2D eigenvalue weighted by molar-refractivity contribution is -0.148. The maximum atomic E-state index is 11.9. The molecule has 9 nitrogen and oxygen atoms in total. The number of esters is 2. The molecule has 0 aromatic carbocycles. The summed E-state index contributed by atoms with van der Waals surface area (Å²) in [7, 11) is 0. The van der Waals surface area contributed by atoms with E-state index in [4.69, 9.17) is 9.47 Å². The fraction of sp³-hybridized carbons (Fsp3) is 0.500. The second kappa shape index (κ2) is 9.76. The van der Waals surface area contributed by atoms with Crippen LogP contribution in [-0.2, 0) is 25.6 Å². The summed E-state index contributed by atoms with van der Waals surface area (Å²) < 4.78 is 46.9. The van der Waals surface area contributed by atoms with E-state index in [1.807, 2.05) is 0 Å². The van der Waals surface area contributed by atoms with Gasteiger partial charge in [0.1, 0.15) is 13.1 Å². The van der Waals surface area contributed by atoms with Crippen LogP contribution < -0.4 is 10.6 Å². The first-order chi connectivity index (χ1) is 12.9. The molecular formula is C16H20F3N3O6. The van der Waals surface area contributed by atoms with Gasteiger partial charge in [-0.1, -0.05) is 0 Å². The number of imide groups is 1. The summed E-state index contributed by atoms with van der Waals surface area (Å²) in [5.74, 6) is -2.48. The third-order valence-corrected chi connectivity index (χ3v) is 3.42. The molecule has 0 radical (unpaired) electrons. The third kappa shape index (κ3) is 7.29. The Morgan fingerprint density at radius 3 is 2.36 bits per heavy atom. The lowest BCUT2D eigenvalue weighted by atomic mass is 10.2. The number of halogens is 3. The molecule has 0 bridgehead atoms. The first-order valence-electron chi connectivity index (χ1n) is 8.08. The van der Waals surface area contributed by atoms with Gasteiger partial charge in [0, 0.05) is 11.4 Å². The number of aromatic nitrogens is 1. The van der Waals surface area contributed by atoms with Gasteiger partial charge in [0.05, 0.1) is 12.2 Å². The van der Waals surface area contributed by atoms with Gasteiger partial charge in [-0.3, -0.25) is 14.9 Å². The summed E-state index contributed by atoms with van der Waals surface area (Å²) in [5.41, 5.74) is 1.32. The Kier molecular flexibility index (Phi) is 8.01. The first kappa shape index (κ1) is 23.0. The van der Waals surface area contributed by atoms with E-state index in [0.717, 1.165) is 0 Å². The van der Waals surface area contributed by atoms with E-state index in [-0.39, 0.29) is 18.7 Å². The summed E-state index contributed by atoms with van der Waals surface area (Å²) in [6, 6.07) is 0.174. The summed E-state index contributed by atoms with van der Waals surface area (Å²) in [6.07, 6.45) is -4.62. The van der Waals surface area contributed by atoms with Crippen LogP contribution in [0.5, 0.6) is 0 Å². The number of alkyl halides is 3. The molecule has 12 heteroatoms. The van der Waals surface area contributed by atoms with Crippen molar-refractivity contribution in [2.45, 2.75) is 33.5 Å². The number of amides is 3. The lowest BCUT2D eigenvalue weighted by Crippen LogP contribution is -2.44. The fourth-order valence-electron chi connectivity index (χ4n) is 2.17. The van der Waals surface area contributed by atoms with Crippen LogP contribution in [0.2, 0.25) is 0 Å². The van der Waals surface area contributed by atoms with Gasteiger partial charge in [-0.15, -0.1) is 0 Å². The van der Waals surface area contributed by atoms with Crippen molar-refractivity contribution in [1.29, 1.82) is 0 Å². The molecule has 0 aliphatic heterocycles. The molecule has 0 aliphatic carbocycles. The maximum Gasteiger partial charge on any atom is 0.405 e. The average Bonchev–Trinajstić information content (AvgIpc) is 2.86. The van der Waals surface area contributed by atoms with Crippen LogP contribution in [0, 0.1) is 13.8 Å². The van der Waals surface area contributed by atoms with Crippen LogP contribution in [0.4, 0.5) is 18.0 Å². The number of carbonyl (C=O) groups excluding carboxylic acids is 4. The Balaban J connectivity index is 2.54. The molecule has 0 fully saturated rings. The third-order valence-electron chi connectivity index (χ3n) is 3.42. The van der Waals surface area contributed by atoms with Crippen molar-refractivity contribution in [3.8, 4) is 0 Å². The topological polar surface area (TPSA) is 116 Å². The molecule has 0 unspecified atom stereocenters. The summed E-state index contributed by atoms with van der Waals surface area (Å²) in [5, 5.41) is 3.03. The largest absolute Gasteiger partial charge is 0.462 e. The zero-order valence-corrected chi connectivity index (χ0v) is 15.4. The maximum absolute atomic E-state index is 11.9. The number of carbonyl (C=O) groups is 4. The normalized spacial score (nSPS) is 10.9. The minimum absolute atomic E-state index is 0.191. The predicted octanol–water partition coefficient (Wildman–Crippen LogP) is 1.21. The van der Waals surface area contributed by atoms with E-state index in [0.29, 0.717) is 11.4 Å². The van der Waals surface area contributed by atoms with Crippen molar-refractivity contribution in [1.82, 2.24) is 15.2 Å². The van der Waals surface area contributed by atoms with Crippen molar-refractivity contribution in [2.75, 3.05) is 19.8 Å². The van der Waals surface area contributed by atoms with Crippen LogP contribution in [0.1, 0.15) is 28.7 Å². The van der Waals surface area contributed by atoms with Gasteiger partial charge in [-0.05, 0) is 26.8 Å². The molecule has 1 rings (SSSR count). The van der Waals surface area contributed by atoms with Gasteiger partial charge in [-0.25, -0.2) is 9.59 Å². The molecule has 0 atom stereocenters. The molecule has 28 heavy (non-hydrogen) atoms. The second-order valence-corrected chi connectivity index (χ2v) is 5.60. The number of nitrogens with zero attached hydrogens (tertiary/aromatic N) is 1. The van der Waals surface area contributed by atoms with Crippen molar-refractivity contribution in [3.63, 3.8) is 0 Å². The highest BCUT2D eigenvalue weighted by Gasteiger charge is 2.28. The van der Waals surface area contributed by atoms with Crippen LogP contribution in [0.3, 0.4) is 0 Å². The Bertz CT molecular complexity index is 758. The number of aryl methyl sites for hydroxylation is 1. The summed E-state index contributed by atoms with van der Waals surface area (Å²) >= 11 is 0. The number of rotatable bonds is 7. The van der Waals surface area contributed by atoms with E-state index in [1.54, 1.807) is 26.1 Å². The molecule has 0 saturated heterocycles. The zero-order valence-electron chi connectivity index (χ0n) is 15.4. The number of ether oxygens (including phenoxy) is 2. The first-order valence-corrected chi connectivity index (χ1v) is 8.08. The predicted molar refractivity (Wildman–Crippen MR) is 88.4 cm³/mol. The van der Waals surface area contributed by atoms with Gasteiger partial charge >= 0.3 is 24.1 Å². The number of hydrogen-bond acceptors (Lipinski definition) is 6. The Hall–Kier alpha value is -3.05. The highest BCUT2D eigenvalue weighted by Crippen LogP contribution is 2.16. The molecule has 0 aliphatic rings. The molecule has 1 aromatic heterocycles. The van der Waals surface area contributed by atoms with Crippen LogP contribution >= 0.6 is 0 Å². The Morgan fingerprint density at radius 2 is 1.79 bits per heavy atom.